The predicted molar refractivity (Wildman–Crippen MR) is 147 cm³/mol. The molecule has 0 bridgehead atoms. The summed E-state index contributed by atoms with van der Waals surface area (Å²) in [5, 5.41) is 3.08. The molecule has 0 aromatic heterocycles. The maximum absolute atomic E-state index is 12.5. The lowest BCUT2D eigenvalue weighted by molar-refractivity contribution is -0.121. The van der Waals surface area contributed by atoms with Gasteiger partial charge in [-0.3, -0.25) is 9.59 Å². The van der Waals surface area contributed by atoms with Crippen LogP contribution < -0.4 is 10.1 Å². The number of nitrogens with one attached hydrogen (secondary N) is 1. The summed E-state index contributed by atoms with van der Waals surface area (Å²) in [5.74, 6) is 2.20. The number of carbonyl (C=O) groups is 2. The van der Waals surface area contributed by atoms with E-state index in [2.05, 4.69) is 32.2 Å². The van der Waals surface area contributed by atoms with Crippen molar-refractivity contribution in [2.45, 2.75) is 92.4 Å². The first-order valence-corrected chi connectivity index (χ1v) is 13.4. The van der Waals surface area contributed by atoms with Gasteiger partial charge in [0.2, 0.25) is 5.91 Å². The molecule has 4 heteroatoms. The van der Waals surface area contributed by atoms with E-state index in [0.717, 1.165) is 55.0 Å². The molecule has 3 rings (SSSR count). The fourth-order valence-electron chi connectivity index (χ4n) is 4.97. The first-order chi connectivity index (χ1) is 16.8. The van der Waals surface area contributed by atoms with Gasteiger partial charge in [0, 0.05) is 23.2 Å². The Kier molecular flexibility index (Phi) is 12.0. The van der Waals surface area contributed by atoms with Crippen molar-refractivity contribution < 1.29 is 14.3 Å². The molecule has 1 aliphatic carbocycles. The van der Waals surface area contributed by atoms with Crippen LogP contribution in [-0.2, 0) is 17.6 Å². The van der Waals surface area contributed by atoms with E-state index in [-0.39, 0.29) is 17.6 Å². The third-order valence-electron chi connectivity index (χ3n) is 7.29. The van der Waals surface area contributed by atoms with Crippen LogP contribution in [0.25, 0.3) is 0 Å². The molecule has 0 saturated heterocycles. The smallest absolute Gasteiger partial charge is 0.227 e. The van der Waals surface area contributed by atoms with E-state index in [1.165, 1.54) is 42.4 Å². The zero-order valence-corrected chi connectivity index (χ0v) is 22.7. The van der Waals surface area contributed by atoms with E-state index in [0.29, 0.717) is 0 Å². The molecule has 0 unspecified atom stereocenters. The summed E-state index contributed by atoms with van der Waals surface area (Å²) < 4.78 is 5.49. The molecule has 4 nitrogen and oxygen atoms in total. The van der Waals surface area contributed by atoms with E-state index in [1.54, 1.807) is 14.0 Å². The van der Waals surface area contributed by atoms with Crippen LogP contribution in [-0.4, -0.2) is 18.8 Å². The van der Waals surface area contributed by atoms with Crippen molar-refractivity contribution in [2.24, 2.45) is 11.8 Å². The van der Waals surface area contributed by atoms with Crippen molar-refractivity contribution in [1.29, 1.82) is 0 Å². The molecule has 1 saturated carbocycles. The molecule has 1 fully saturated rings. The Bertz CT molecular complexity index is 958. The number of carbonyl (C=O) groups excluding carboxylic acids is 2. The number of rotatable bonds is 9. The van der Waals surface area contributed by atoms with Crippen molar-refractivity contribution in [3.05, 3.63) is 58.7 Å². The fraction of sp³-hybridized carbons (Fsp3) is 0.548. The second-order valence-corrected chi connectivity index (χ2v) is 9.76. The van der Waals surface area contributed by atoms with Crippen LogP contribution in [0.2, 0.25) is 0 Å². The number of ether oxygens (including phenoxy) is 1. The van der Waals surface area contributed by atoms with Crippen LogP contribution in [0.3, 0.4) is 0 Å². The summed E-state index contributed by atoms with van der Waals surface area (Å²) in [7, 11) is 1.70. The molecule has 2 aromatic carbocycles. The largest absolute Gasteiger partial charge is 0.496 e. The maximum Gasteiger partial charge on any atom is 0.227 e. The number of anilines is 1. The quantitative estimate of drug-likeness (QED) is 0.371. The van der Waals surface area contributed by atoms with Gasteiger partial charge in [0.15, 0.2) is 5.78 Å². The summed E-state index contributed by atoms with van der Waals surface area (Å²) in [5.41, 5.74) is 5.34. The predicted octanol–water partition coefficient (Wildman–Crippen LogP) is 7.95. The van der Waals surface area contributed by atoms with Crippen molar-refractivity contribution in [2.75, 3.05) is 12.4 Å². The highest BCUT2D eigenvalue weighted by atomic mass is 16.5. The Morgan fingerprint density at radius 1 is 1.03 bits per heavy atom. The van der Waals surface area contributed by atoms with Gasteiger partial charge in [-0.1, -0.05) is 57.9 Å². The Morgan fingerprint density at radius 3 is 2.29 bits per heavy atom. The number of hydrogen-bond donors (Lipinski definition) is 1. The van der Waals surface area contributed by atoms with Gasteiger partial charge < -0.3 is 10.1 Å². The van der Waals surface area contributed by atoms with Crippen molar-refractivity contribution in [3.8, 4) is 5.75 Å². The molecule has 35 heavy (non-hydrogen) atoms. The van der Waals surface area contributed by atoms with Gasteiger partial charge in [0.05, 0.1) is 7.11 Å². The molecule has 2 aromatic rings. The van der Waals surface area contributed by atoms with Gasteiger partial charge >= 0.3 is 0 Å². The minimum Gasteiger partial charge on any atom is -0.496 e. The molecule has 1 N–H and O–H groups in total. The molecule has 192 valence electrons. The third kappa shape index (κ3) is 8.52. The lowest BCUT2D eigenvalue weighted by Gasteiger charge is -2.27. The molecular weight excluding hydrogens is 434 g/mol. The number of aryl methyl sites for hydroxylation is 2. The van der Waals surface area contributed by atoms with Crippen LogP contribution in [0.1, 0.15) is 99.7 Å². The Balaban J connectivity index is 0.000000303. The number of Topliss-reactive ketones (excluding diaryl/α,β-unsaturated/α-hetero) is 1. The van der Waals surface area contributed by atoms with E-state index in [9.17, 15) is 9.59 Å². The Hall–Kier alpha value is -2.62. The average Bonchev–Trinajstić information content (AvgIpc) is 2.88. The summed E-state index contributed by atoms with van der Waals surface area (Å²) in [6.45, 7) is 10.2. The zero-order chi connectivity index (χ0) is 25.8. The summed E-state index contributed by atoms with van der Waals surface area (Å²) in [6, 6.07) is 11.9. The van der Waals surface area contributed by atoms with Gasteiger partial charge in [-0.15, -0.1) is 0 Å². The number of hydrogen-bond acceptors (Lipinski definition) is 3. The number of benzene rings is 2. The third-order valence-corrected chi connectivity index (χ3v) is 7.29. The second-order valence-electron chi connectivity index (χ2n) is 9.76. The molecule has 1 amide bonds. The van der Waals surface area contributed by atoms with E-state index < -0.39 is 0 Å². The lowest BCUT2D eigenvalue weighted by Crippen LogP contribution is -2.27. The van der Waals surface area contributed by atoms with Gasteiger partial charge in [-0.05, 0) is 87.5 Å². The summed E-state index contributed by atoms with van der Waals surface area (Å²) in [4.78, 5) is 23.6. The molecule has 0 aliphatic heterocycles. The highest BCUT2D eigenvalue weighted by Crippen LogP contribution is 2.32. The first kappa shape index (κ1) is 28.6. The number of amides is 1. The van der Waals surface area contributed by atoms with Crippen LogP contribution in [0.15, 0.2) is 36.4 Å². The average molecular weight is 480 g/mol. The highest BCUT2D eigenvalue weighted by molar-refractivity contribution is 5.95. The first-order valence-electron chi connectivity index (χ1n) is 13.4. The van der Waals surface area contributed by atoms with Crippen LogP contribution in [0, 0.1) is 18.8 Å². The molecule has 1 aliphatic rings. The summed E-state index contributed by atoms with van der Waals surface area (Å²) >= 11 is 0. The van der Waals surface area contributed by atoms with E-state index >= 15 is 0 Å². The lowest BCUT2D eigenvalue weighted by atomic mass is 9.80. The molecule has 0 heterocycles. The van der Waals surface area contributed by atoms with Gasteiger partial charge in [-0.2, -0.15) is 0 Å². The minimum atomic E-state index is 0.163. The van der Waals surface area contributed by atoms with Crippen LogP contribution in [0.4, 0.5) is 5.69 Å². The standard InChI is InChI=1S/C20H31NO2.C11H14O/c1-4-6-7-16-12-13-18(14-19(16)23-3)21-20(22)17-10-8-15(5-2)9-11-17;1-4-10-8(2)6-5-7-11(10)9(3)12/h12-15,17H,4-11H2,1-3H3,(H,21,22);5-7H,4H2,1-3H3. The monoisotopic (exact) mass is 479 g/mol. The number of methoxy groups -OCH3 is 1. The molecule has 0 radical (unpaired) electrons. The Morgan fingerprint density at radius 2 is 1.74 bits per heavy atom. The molecular formula is C31H45NO3. The number of ketones is 1. The van der Waals surface area contributed by atoms with Crippen molar-refractivity contribution in [3.63, 3.8) is 0 Å². The minimum absolute atomic E-state index is 0.163. The zero-order valence-electron chi connectivity index (χ0n) is 22.7. The second kappa shape index (κ2) is 14.7. The van der Waals surface area contributed by atoms with Gasteiger partial charge in [0.1, 0.15) is 5.75 Å². The van der Waals surface area contributed by atoms with Crippen LogP contribution in [0.5, 0.6) is 5.75 Å². The van der Waals surface area contributed by atoms with Gasteiger partial charge in [0.25, 0.3) is 0 Å². The Labute approximate surface area is 212 Å². The fourth-order valence-corrected chi connectivity index (χ4v) is 4.97. The molecule has 0 atom stereocenters. The highest BCUT2D eigenvalue weighted by Gasteiger charge is 2.25. The molecule has 0 spiro atoms. The van der Waals surface area contributed by atoms with E-state index in [4.69, 9.17) is 4.74 Å². The van der Waals surface area contributed by atoms with Crippen molar-refractivity contribution in [1.82, 2.24) is 0 Å². The van der Waals surface area contributed by atoms with Crippen molar-refractivity contribution >= 4 is 17.4 Å². The summed E-state index contributed by atoms with van der Waals surface area (Å²) in [6.07, 6.45) is 9.94. The number of unbranched alkanes of at least 4 members (excludes halogenated alkanes) is 1. The SMILES string of the molecule is CCCCc1ccc(NC(=O)C2CCC(CC)CC2)cc1OC.CCc1c(C)cccc1C(C)=O. The normalized spacial score (nSPS) is 17.2. The van der Waals surface area contributed by atoms with Gasteiger partial charge in [-0.25, -0.2) is 0 Å². The topological polar surface area (TPSA) is 55.4 Å². The maximum atomic E-state index is 12.5. The van der Waals surface area contributed by atoms with Crippen LogP contribution >= 0.6 is 0 Å². The van der Waals surface area contributed by atoms with E-state index in [1.807, 2.05) is 37.3 Å².